The van der Waals surface area contributed by atoms with Gasteiger partial charge in [-0.2, -0.15) is 0 Å². The molecule has 5 atom stereocenters. The minimum Gasteiger partial charge on any atom is -0.467 e. The summed E-state index contributed by atoms with van der Waals surface area (Å²) >= 11 is 0. The number of hydrogen-bond acceptors (Lipinski definition) is 9. The van der Waals surface area contributed by atoms with Crippen molar-refractivity contribution in [3.05, 3.63) is 0 Å². The van der Waals surface area contributed by atoms with Crippen LogP contribution in [0.25, 0.3) is 0 Å². The number of esters is 4. The Bertz CT molecular complexity index is 492. The maximum Gasteiger partial charge on any atom is 0.339 e. The Kier molecular flexibility index (Phi) is 6.55. The van der Waals surface area contributed by atoms with Gasteiger partial charge < -0.3 is 23.7 Å². The topological polar surface area (TPSA) is 114 Å². The van der Waals surface area contributed by atoms with Gasteiger partial charge in [0.1, 0.15) is 7.85 Å². The molecule has 3 unspecified atom stereocenters. The van der Waals surface area contributed by atoms with Gasteiger partial charge >= 0.3 is 23.9 Å². The van der Waals surface area contributed by atoms with E-state index in [0.717, 1.165) is 27.9 Å². The van der Waals surface area contributed by atoms with Crippen molar-refractivity contribution in [2.45, 2.75) is 51.2 Å². The van der Waals surface area contributed by atoms with Crippen LogP contribution in [0.2, 0.25) is 0 Å². The molecule has 1 saturated heterocycles. The highest BCUT2D eigenvalue weighted by atomic mass is 16.7. The van der Waals surface area contributed by atoms with Gasteiger partial charge in [0.05, 0.1) is 13.1 Å². The molecule has 1 heterocycles. The Morgan fingerprint density at radius 2 is 1.26 bits per heavy atom. The summed E-state index contributed by atoms with van der Waals surface area (Å²) in [6, 6.07) is -1.29. The summed E-state index contributed by atoms with van der Waals surface area (Å²) < 4.78 is 24.8. The molecule has 1 rings (SSSR count). The van der Waals surface area contributed by atoms with Gasteiger partial charge in [-0.3, -0.25) is 14.4 Å². The summed E-state index contributed by atoms with van der Waals surface area (Å²) in [5.41, 5.74) is 0. The molecule has 0 aromatic heterocycles. The molecule has 0 amide bonds. The quantitative estimate of drug-likeness (QED) is 0.358. The molecule has 1 aliphatic heterocycles. The van der Waals surface area contributed by atoms with E-state index in [1.54, 1.807) is 0 Å². The van der Waals surface area contributed by atoms with Gasteiger partial charge in [0.25, 0.3) is 0 Å². The van der Waals surface area contributed by atoms with Crippen molar-refractivity contribution in [1.29, 1.82) is 0 Å². The van der Waals surface area contributed by atoms with Crippen LogP contribution >= 0.6 is 0 Å². The lowest BCUT2D eigenvalue weighted by atomic mass is 9.84. The lowest BCUT2D eigenvalue weighted by Crippen LogP contribution is -2.63. The van der Waals surface area contributed by atoms with Gasteiger partial charge in [0.15, 0.2) is 24.4 Å². The van der Waals surface area contributed by atoms with Crippen LogP contribution in [0.4, 0.5) is 0 Å². The lowest BCUT2D eigenvalue weighted by molar-refractivity contribution is -0.236. The van der Waals surface area contributed by atoms with E-state index in [1.165, 1.54) is 0 Å². The van der Waals surface area contributed by atoms with Gasteiger partial charge in [0.2, 0.25) is 0 Å². The van der Waals surface area contributed by atoms with E-state index in [0.29, 0.717) is 0 Å². The molecule has 0 spiro atoms. The van der Waals surface area contributed by atoms with E-state index in [2.05, 4.69) is 4.74 Å². The fraction of sp³-hybridized carbons (Fsp3) is 0.692. The lowest BCUT2D eigenvalue weighted by Gasteiger charge is -2.42. The van der Waals surface area contributed by atoms with Crippen LogP contribution in [0.3, 0.4) is 0 Å². The highest BCUT2D eigenvalue weighted by Crippen LogP contribution is 2.28. The molecule has 126 valence electrons. The van der Waals surface area contributed by atoms with E-state index in [9.17, 15) is 19.2 Å². The molecule has 0 aromatic rings. The minimum absolute atomic E-state index is 0.718. The van der Waals surface area contributed by atoms with E-state index >= 15 is 0 Å². The van der Waals surface area contributed by atoms with Crippen molar-refractivity contribution in [3.8, 4) is 0 Å². The molecule has 1 fully saturated rings. The largest absolute Gasteiger partial charge is 0.467 e. The van der Waals surface area contributed by atoms with Crippen molar-refractivity contribution in [2.75, 3.05) is 7.11 Å². The molecule has 0 aromatic carbocycles. The predicted octanol–water partition coefficient (Wildman–Crippen LogP) is -1.15. The maximum atomic E-state index is 11.8. The highest BCUT2D eigenvalue weighted by Gasteiger charge is 2.52. The Balaban J connectivity index is 3.21. The molecule has 23 heavy (non-hydrogen) atoms. The number of methoxy groups -OCH3 is 1. The summed E-state index contributed by atoms with van der Waals surface area (Å²) in [6.45, 7) is 3.31. The van der Waals surface area contributed by atoms with Crippen molar-refractivity contribution >= 4 is 31.7 Å². The Morgan fingerprint density at radius 1 is 0.826 bits per heavy atom. The first-order valence-electron chi connectivity index (χ1n) is 6.68. The second-order valence-electron chi connectivity index (χ2n) is 4.77. The molecule has 9 nitrogen and oxygen atoms in total. The number of carbonyl (C=O) groups excluding carboxylic acids is 4. The first-order chi connectivity index (χ1) is 10.7. The number of rotatable bonds is 4. The zero-order valence-electron chi connectivity index (χ0n) is 13.1. The summed E-state index contributed by atoms with van der Waals surface area (Å²) in [6.07, 6.45) is -5.40. The zero-order chi connectivity index (χ0) is 17.7. The fourth-order valence-corrected chi connectivity index (χ4v) is 2.15. The van der Waals surface area contributed by atoms with E-state index in [1.807, 2.05) is 0 Å². The SMILES string of the molecule is [B][C@H]1OC(C(=O)OC)[C@@H](OC(C)=O)C(OC(C)=O)C1OC(C)=O. The Hall–Kier alpha value is -2.10. The van der Waals surface area contributed by atoms with E-state index < -0.39 is 54.3 Å². The molecule has 0 saturated carbocycles. The molecule has 0 aliphatic carbocycles. The molecule has 1 aliphatic rings. The first kappa shape index (κ1) is 19.0. The van der Waals surface area contributed by atoms with Gasteiger partial charge in [0, 0.05) is 20.8 Å². The third-order valence-corrected chi connectivity index (χ3v) is 2.91. The first-order valence-corrected chi connectivity index (χ1v) is 6.68. The third kappa shape index (κ3) is 4.95. The van der Waals surface area contributed by atoms with Gasteiger partial charge in [-0.15, -0.1) is 0 Å². The highest BCUT2D eigenvalue weighted by molar-refractivity contribution is 6.11. The zero-order valence-corrected chi connectivity index (χ0v) is 13.1. The van der Waals surface area contributed by atoms with Crippen LogP contribution in [0, 0.1) is 0 Å². The van der Waals surface area contributed by atoms with Crippen molar-refractivity contribution < 1.29 is 42.9 Å². The van der Waals surface area contributed by atoms with Gasteiger partial charge in [-0.25, -0.2) is 4.79 Å². The number of hydrogen-bond donors (Lipinski definition) is 0. The van der Waals surface area contributed by atoms with E-state index in [-0.39, 0.29) is 0 Å². The molecular weight excluding hydrogens is 311 g/mol. The van der Waals surface area contributed by atoms with Crippen LogP contribution in [-0.4, -0.2) is 69.3 Å². The molecule has 0 N–H and O–H groups in total. The van der Waals surface area contributed by atoms with Crippen LogP contribution in [0.15, 0.2) is 0 Å². The number of ether oxygens (including phenoxy) is 5. The van der Waals surface area contributed by atoms with Crippen LogP contribution in [0.5, 0.6) is 0 Å². The number of carbonyl (C=O) groups is 4. The Labute approximate surface area is 133 Å². The summed E-state index contributed by atoms with van der Waals surface area (Å²) in [5, 5.41) is 0. The second kappa shape index (κ2) is 7.95. The Morgan fingerprint density at radius 3 is 1.70 bits per heavy atom. The monoisotopic (exact) mass is 328 g/mol. The molecular formula is C13H17BO9. The van der Waals surface area contributed by atoms with E-state index in [4.69, 9.17) is 26.8 Å². The van der Waals surface area contributed by atoms with Crippen molar-refractivity contribution in [1.82, 2.24) is 0 Å². The molecule has 10 heteroatoms. The predicted molar refractivity (Wildman–Crippen MR) is 73.1 cm³/mol. The average molecular weight is 328 g/mol. The van der Waals surface area contributed by atoms with Gasteiger partial charge in [-0.05, 0) is 0 Å². The molecule has 0 bridgehead atoms. The second-order valence-corrected chi connectivity index (χ2v) is 4.77. The standard InChI is InChI=1S/C13H17BO9/c1-5(15)20-8-9(21-6(2)16)11(13(18)19-4)23-12(14)10(8)22-7(3)17/h8-12H,1-4H3/t8?,9-,10?,11?,12-/m0/s1. The summed E-state index contributed by atoms with van der Waals surface area (Å²) in [4.78, 5) is 45.7. The maximum absolute atomic E-state index is 11.8. The van der Waals surface area contributed by atoms with Crippen molar-refractivity contribution in [2.24, 2.45) is 0 Å². The normalized spacial score (nSPS) is 30.0. The van der Waals surface area contributed by atoms with Crippen LogP contribution < -0.4 is 0 Å². The van der Waals surface area contributed by atoms with Crippen LogP contribution in [-0.2, 0) is 42.9 Å². The molecule has 2 radical (unpaired) electrons. The summed E-state index contributed by atoms with van der Waals surface area (Å²) in [5.74, 6) is -3.11. The average Bonchev–Trinajstić information content (AvgIpc) is 2.43. The van der Waals surface area contributed by atoms with Crippen LogP contribution in [0.1, 0.15) is 20.8 Å². The fourth-order valence-electron chi connectivity index (χ4n) is 2.15. The third-order valence-electron chi connectivity index (χ3n) is 2.91. The smallest absolute Gasteiger partial charge is 0.339 e. The summed E-state index contributed by atoms with van der Waals surface area (Å²) in [7, 11) is 6.83. The van der Waals surface area contributed by atoms with Gasteiger partial charge in [-0.1, -0.05) is 0 Å². The van der Waals surface area contributed by atoms with Crippen molar-refractivity contribution in [3.63, 3.8) is 0 Å². The minimum atomic E-state index is -1.44.